The number of carbonyl (C=O) groups is 1. The first kappa shape index (κ1) is 9.52. The maximum atomic E-state index is 10.3. The molecule has 0 saturated heterocycles. The minimum atomic E-state index is -0.796. The number of carboxylic acid groups (broad SMARTS) is 1. The Balaban J connectivity index is 2.73. The molecule has 0 heterocycles. The Kier molecular flexibility index (Phi) is 3.26. The number of hydrogen-bond donors (Lipinski definition) is 1. The van der Waals surface area contributed by atoms with Crippen molar-refractivity contribution in [1.29, 1.82) is 0 Å². The first-order valence-electron chi connectivity index (χ1n) is 4.14. The molecular formula is C11H12O2. The molecule has 68 valence electrons. The molecule has 1 N–H and O–H groups in total. The molecule has 0 aliphatic carbocycles. The summed E-state index contributed by atoms with van der Waals surface area (Å²) < 4.78 is 0. The summed E-state index contributed by atoms with van der Waals surface area (Å²) in [6.07, 6.45) is 1.80. The zero-order chi connectivity index (χ0) is 9.68. The van der Waals surface area contributed by atoms with Crippen molar-refractivity contribution in [1.82, 2.24) is 0 Å². The van der Waals surface area contributed by atoms with E-state index in [9.17, 15) is 4.79 Å². The van der Waals surface area contributed by atoms with E-state index in [1.54, 1.807) is 6.08 Å². The fourth-order valence-corrected chi connectivity index (χ4v) is 1.06. The van der Waals surface area contributed by atoms with Crippen molar-refractivity contribution in [3.8, 4) is 0 Å². The van der Waals surface area contributed by atoms with Crippen LogP contribution in [0, 0.1) is 0 Å². The second-order valence-electron chi connectivity index (χ2n) is 2.85. The van der Waals surface area contributed by atoms with Gasteiger partial charge in [-0.3, -0.25) is 4.79 Å². The van der Waals surface area contributed by atoms with Crippen LogP contribution in [0.2, 0.25) is 0 Å². The number of allylic oxidation sites excluding steroid dienone is 1. The van der Waals surface area contributed by atoms with Gasteiger partial charge in [-0.2, -0.15) is 0 Å². The topological polar surface area (TPSA) is 37.3 Å². The number of carboxylic acids is 1. The van der Waals surface area contributed by atoms with E-state index in [4.69, 9.17) is 5.11 Å². The monoisotopic (exact) mass is 176 g/mol. The standard InChI is InChI=1S/C11H12O2/c1-9(7-8-11(12)13)10-5-3-2-4-6-10/h2-7H,8H2,1H3,(H,12,13). The maximum Gasteiger partial charge on any atom is 0.307 e. The molecule has 13 heavy (non-hydrogen) atoms. The van der Waals surface area contributed by atoms with Gasteiger partial charge in [0, 0.05) is 0 Å². The molecule has 0 amide bonds. The van der Waals surface area contributed by atoms with E-state index in [0.717, 1.165) is 11.1 Å². The Morgan fingerprint density at radius 2 is 2.00 bits per heavy atom. The first-order valence-corrected chi connectivity index (χ1v) is 4.14. The Morgan fingerprint density at radius 3 is 2.54 bits per heavy atom. The van der Waals surface area contributed by atoms with Gasteiger partial charge in [0.25, 0.3) is 0 Å². The number of rotatable bonds is 3. The lowest BCUT2D eigenvalue weighted by molar-refractivity contribution is -0.135. The third-order valence-electron chi connectivity index (χ3n) is 1.81. The van der Waals surface area contributed by atoms with Crippen molar-refractivity contribution in [2.45, 2.75) is 13.3 Å². The predicted molar refractivity (Wildman–Crippen MR) is 52.3 cm³/mol. The van der Waals surface area contributed by atoms with Crippen molar-refractivity contribution in [2.24, 2.45) is 0 Å². The van der Waals surface area contributed by atoms with Gasteiger partial charge in [-0.05, 0) is 18.1 Å². The number of aliphatic carboxylic acids is 1. The van der Waals surface area contributed by atoms with E-state index in [1.165, 1.54) is 0 Å². The van der Waals surface area contributed by atoms with Crippen molar-refractivity contribution in [3.05, 3.63) is 42.0 Å². The van der Waals surface area contributed by atoms with Crippen LogP contribution in [0.1, 0.15) is 18.9 Å². The van der Waals surface area contributed by atoms with Crippen molar-refractivity contribution < 1.29 is 9.90 Å². The molecule has 0 aromatic heterocycles. The van der Waals surface area contributed by atoms with Crippen LogP contribution in [0.25, 0.3) is 5.57 Å². The molecule has 0 unspecified atom stereocenters. The second-order valence-corrected chi connectivity index (χ2v) is 2.85. The molecule has 0 atom stereocenters. The largest absolute Gasteiger partial charge is 0.481 e. The molecule has 2 heteroatoms. The minimum absolute atomic E-state index is 0.0841. The van der Waals surface area contributed by atoms with Crippen molar-refractivity contribution in [3.63, 3.8) is 0 Å². The first-order chi connectivity index (χ1) is 6.20. The number of benzene rings is 1. The Hall–Kier alpha value is -1.57. The molecule has 2 nitrogen and oxygen atoms in total. The van der Waals surface area contributed by atoms with Crippen LogP contribution in [-0.2, 0) is 4.79 Å². The summed E-state index contributed by atoms with van der Waals surface area (Å²) in [5.41, 5.74) is 2.08. The summed E-state index contributed by atoms with van der Waals surface area (Å²) in [6, 6.07) is 9.75. The summed E-state index contributed by atoms with van der Waals surface area (Å²) >= 11 is 0. The van der Waals surface area contributed by atoms with Gasteiger partial charge < -0.3 is 5.11 Å². The zero-order valence-corrected chi connectivity index (χ0v) is 7.53. The lowest BCUT2D eigenvalue weighted by Crippen LogP contribution is -1.91. The molecule has 1 aromatic rings. The average molecular weight is 176 g/mol. The van der Waals surface area contributed by atoms with Crippen LogP contribution in [0.3, 0.4) is 0 Å². The van der Waals surface area contributed by atoms with Gasteiger partial charge in [-0.1, -0.05) is 36.4 Å². The van der Waals surface area contributed by atoms with Crippen molar-refractivity contribution >= 4 is 11.5 Å². The molecule has 0 fully saturated rings. The van der Waals surface area contributed by atoms with E-state index < -0.39 is 5.97 Å². The molecule has 0 aliphatic heterocycles. The van der Waals surface area contributed by atoms with Crippen LogP contribution in [0.5, 0.6) is 0 Å². The molecule has 0 spiro atoms. The van der Waals surface area contributed by atoms with Crippen LogP contribution >= 0.6 is 0 Å². The third-order valence-corrected chi connectivity index (χ3v) is 1.81. The van der Waals surface area contributed by atoms with E-state index in [-0.39, 0.29) is 6.42 Å². The lowest BCUT2D eigenvalue weighted by atomic mass is 10.1. The van der Waals surface area contributed by atoms with E-state index >= 15 is 0 Å². The van der Waals surface area contributed by atoms with Gasteiger partial charge in [-0.15, -0.1) is 0 Å². The van der Waals surface area contributed by atoms with Crippen LogP contribution in [0.15, 0.2) is 36.4 Å². The summed E-state index contributed by atoms with van der Waals surface area (Å²) in [5.74, 6) is -0.796. The van der Waals surface area contributed by atoms with E-state index in [1.807, 2.05) is 37.3 Å². The molecular weight excluding hydrogens is 164 g/mol. The second kappa shape index (κ2) is 4.45. The van der Waals surface area contributed by atoms with Gasteiger partial charge in [0.2, 0.25) is 0 Å². The van der Waals surface area contributed by atoms with Gasteiger partial charge in [0.1, 0.15) is 0 Å². The molecule has 1 aromatic carbocycles. The highest BCUT2D eigenvalue weighted by Gasteiger charge is 1.95. The quantitative estimate of drug-likeness (QED) is 0.768. The molecule has 1 rings (SSSR count). The fraction of sp³-hybridized carbons (Fsp3) is 0.182. The highest BCUT2D eigenvalue weighted by molar-refractivity contribution is 5.73. The Labute approximate surface area is 77.5 Å². The lowest BCUT2D eigenvalue weighted by Gasteiger charge is -1.99. The normalized spacial score (nSPS) is 11.3. The Bertz CT molecular complexity index is 312. The predicted octanol–water partition coefficient (Wildman–Crippen LogP) is 2.56. The van der Waals surface area contributed by atoms with Crippen LogP contribution in [0.4, 0.5) is 0 Å². The molecule has 0 radical (unpaired) electrons. The zero-order valence-electron chi connectivity index (χ0n) is 7.53. The van der Waals surface area contributed by atoms with Crippen LogP contribution in [-0.4, -0.2) is 11.1 Å². The molecule has 0 saturated carbocycles. The number of hydrogen-bond acceptors (Lipinski definition) is 1. The minimum Gasteiger partial charge on any atom is -0.481 e. The highest BCUT2D eigenvalue weighted by atomic mass is 16.4. The van der Waals surface area contributed by atoms with Crippen molar-refractivity contribution in [2.75, 3.05) is 0 Å². The highest BCUT2D eigenvalue weighted by Crippen LogP contribution is 2.12. The fourth-order valence-electron chi connectivity index (χ4n) is 1.06. The van der Waals surface area contributed by atoms with E-state index in [2.05, 4.69) is 0 Å². The maximum absolute atomic E-state index is 10.3. The summed E-state index contributed by atoms with van der Waals surface area (Å²) in [6.45, 7) is 1.91. The average Bonchev–Trinajstić information content (AvgIpc) is 2.15. The molecule has 0 bridgehead atoms. The van der Waals surface area contributed by atoms with E-state index in [0.29, 0.717) is 0 Å². The van der Waals surface area contributed by atoms with Crippen LogP contribution < -0.4 is 0 Å². The summed E-state index contributed by atoms with van der Waals surface area (Å²) in [4.78, 5) is 10.3. The SMILES string of the molecule is CC(=CCC(=O)O)c1ccccc1. The van der Waals surface area contributed by atoms with Gasteiger partial charge >= 0.3 is 5.97 Å². The van der Waals surface area contributed by atoms with Gasteiger partial charge in [0.05, 0.1) is 6.42 Å². The van der Waals surface area contributed by atoms with Gasteiger partial charge in [0.15, 0.2) is 0 Å². The third kappa shape index (κ3) is 3.11. The summed E-state index contributed by atoms with van der Waals surface area (Å²) in [7, 11) is 0. The smallest absolute Gasteiger partial charge is 0.307 e. The van der Waals surface area contributed by atoms with Gasteiger partial charge in [-0.25, -0.2) is 0 Å². The molecule has 0 aliphatic rings. The summed E-state index contributed by atoms with van der Waals surface area (Å²) in [5, 5.41) is 8.46. The Morgan fingerprint density at radius 1 is 1.38 bits per heavy atom.